The van der Waals surface area contributed by atoms with Crippen LogP contribution in [0.3, 0.4) is 0 Å². The Balaban J connectivity index is 1.37. The molecule has 152 valence electrons. The standard InChI is InChI=1S/C21H20N6O3/c1-12-10-14(29-2)7-8-15(12)20(28)22-11-17-24-25-19-16(4-3-9-27(17)19)21-23-18(26-30-21)13-5-6-13/h3-4,7-10,13H,5-6,11H2,1-2H3,(H,22,28). The van der Waals surface area contributed by atoms with Gasteiger partial charge in [-0.2, -0.15) is 4.98 Å². The van der Waals surface area contributed by atoms with Gasteiger partial charge in [0.1, 0.15) is 5.75 Å². The number of pyridine rings is 1. The first kappa shape index (κ1) is 18.3. The zero-order valence-electron chi connectivity index (χ0n) is 16.6. The van der Waals surface area contributed by atoms with E-state index in [9.17, 15) is 4.79 Å². The van der Waals surface area contributed by atoms with Crippen LogP contribution in [0.2, 0.25) is 0 Å². The largest absolute Gasteiger partial charge is 0.497 e. The molecule has 0 bridgehead atoms. The first-order chi connectivity index (χ1) is 14.6. The van der Waals surface area contributed by atoms with Crippen molar-refractivity contribution in [3.05, 3.63) is 59.3 Å². The van der Waals surface area contributed by atoms with Crippen LogP contribution in [0.15, 0.2) is 41.1 Å². The highest BCUT2D eigenvalue weighted by Crippen LogP contribution is 2.39. The second-order valence-corrected chi connectivity index (χ2v) is 7.33. The number of aromatic nitrogens is 5. The normalized spacial score (nSPS) is 13.5. The third-order valence-electron chi connectivity index (χ3n) is 5.21. The number of methoxy groups -OCH3 is 1. The molecule has 1 aromatic carbocycles. The zero-order valence-corrected chi connectivity index (χ0v) is 16.6. The van der Waals surface area contributed by atoms with Crippen LogP contribution in [0.25, 0.3) is 17.1 Å². The number of ether oxygens (including phenoxy) is 1. The van der Waals surface area contributed by atoms with Crippen LogP contribution < -0.4 is 10.1 Å². The number of benzene rings is 1. The minimum Gasteiger partial charge on any atom is -0.497 e. The van der Waals surface area contributed by atoms with Crippen molar-refractivity contribution in [2.45, 2.75) is 32.2 Å². The topological polar surface area (TPSA) is 107 Å². The lowest BCUT2D eigenvalue weighted by Gasteiger charge is -2.08. The van der Waals surface area contributed by atoms with Gasteiger partial charge in [-0.05, 0) is 55.7 Å². The number of hydrogen-bond donors (Lipinski definition) is 1. The molecule has 1 aliphatic carbocycles. The van der Waals surface area contributed by atoms with E-state index in [1.165, 1.54) is 0 Å². The van der Waals surface area contributed by atoms with Crippen LogP contribution in [-0.2, 0) is 6.54 Å². The molecule has 0 atom stereocenters. The van der Waals surface area contributed by atoms with Gasteiger partial charge in [-0.3, -0.25) is 9.20 Å². The lowest BCUT2D eigenvalue weighted by molar-refractivity contribution is 0.0949. The van der Waals surface area contributed by atoms with Crippen LogP contribution >= 0.6 is 0 Å². The Hall–Kier alpha value is -3.75. The van der Waals surface area contributed by atoms with Gasteiger partial charge in [-0.1, -0.05) is 5.16 Å². The quantitative estimate of drug-likeness (QED) is 0.526. The van der Waals surface area contributed by atoms with Crippen LogP contribution in [0.4, 0.5) is 0 Å². The number of carbonyl (C=O) groups excluding carboxylic acids is 1. The highest BCUT2D eigenvalue weighted by atomic mass is 16.5. The van der Waals surface area contributed by atoms with E-state index >= 15 is 0 Å². The monoisotopic (exact) mass is 404 g/mol. The number of nitrogens with one attached hydrogen (secondary N) is 1. The van der Waals surface area contributed by atoms with Gasteiger partial charge in [0.25, 0.3) is 11.8 Å². The molecule has 1 N–H and O–H groups in total. The van der Waals surface area contributed by atoms with Crippen LogP contribution in [0.1, 0.15) is 46.3 Å². The van der Waals surface area contributed by atoms with Gasteiger partial charge in [-0.15, -0.1) is 10.2 Å². The number of rotatable bonds is 6. The maximum absolute atomic E-state index is 12.6. The van der Waals surface area contributed by atoms with Gasteiger partial charge in [0.05, 0.1) is 19.2 Å². The van der Waals surface area contributed by atoms with Gasteiger partial charge >= 0.3 is 0 Å². The average molecular weight is 404 g/mol. The Morgan fingerprint density at radius 2 is 2.17 bits per heavy atom. The molecule has 30 heavy (non-hydrogen) atoms. The minimum absolute atomic E-state index is 0.186. The van der Waals surface area contributed by atoms with E-state index in [0.29, 0.717) is 40.2 Å². The Morgan fingerprint density at radius 1 is 1.30 bits per heavy atom. The highest BCUT2D eigenvalue weighted by molar-refractivity contribution is 5.95. The third-order valence-corrected chi connectivity index (χ3v) is 5.21. The first-order valence-electron chi connectivity index (χ1n) is 9.73. The van der Waals surface area contributed by atoms with Crippen molar-refractivity contribution < 1.29 is 14.1 Å². The molecule has 0 aliphatic heterocycles. The van der Waals surface area contributed by atoms with Gasteiger partial charge in [0, 0.05) is 17.7 Å². The van der Waals surface area contributed by atoms with Crippen molar-refractivity contribution in [1.82, 2.24) is 30.1 Å². The van der Waals surface area contributed by atoms with Crippen molar-refractivity contribution in [3.8, 4) is 17.2 Å². The molecular weight excluding hydrogens is 384 g/mol. The molecule has 1 saturated carbocycles. The summed E-state index contributed by atoms with van der Waals surface area (Å²) in [5.74, 6) is 2.72. The number of carbonyl (C=O) groups is 1. The van der Waals surface area contributed by atoms with E-state index in [-0.39, 0.29) is 12.5 Å². The summed E-state index contributed by atoms with van der Waals surface area (Å²) in [6.07, 6.45) is 4.05. The second kappa shape index (κ2) is 7.25. The van der Waals surface area contributed by atoms with Crippen molar-refractivity contribution in [2.24, 2.45) is 0 Å². The summed E-state index contributed by atoms with van der Waals surface area (Å²) in [5, 5.41) is 15.5. The van der Waals surface area contributed by atoms with Crippen LogP contribution in [-0.4, -0.2) is 37.8 Å². The third kappa shape index (κ3) is 3.28. The van der Waals surface area contributed by atoms with Gasteiger partial charge in [-0.25, -0.2) is 0 Å². The van der Waals surface area contributed by atoms with E-state index in [4.69, 9.17) is 9.26 Å². The van der Waals surface area contributed by atoms with Crippen molar-refractivity contribution in [3.63, 3.8) is 0 Å². The molecule has 9 nitrogen and oxygen atoms in total. The summed E-state index contributed by atoms with van der Waals surface area (Å²) in [5.41, 5.74) is 2.74. The Labute approximate surface area is 172 Å². The average Bonchev–Trinajstić information content (AvgIpc) is 3.34. The summed E-state index contributed by atoms with van der Waals surface area (Å²) in [6.45, 7) is 2.10. The lowest BCUT2D eigenvalue weighted by Crippen LogP contribution is -2.24. The van der Waals surface area contributed by atoms with Crippen LogP contribution in [0, 0.1) is 6.92 Å². The van der Waals surface area contributed by atoms with E-state index in [0.717, 1.165) is 24.2 Å². The van der Waals surface area contributed by atoms with E-state index in [1.54, 1.807) is 19.2 Å². The number of nitrogens with zero attached hydrogens (tertiary/aromatic N) is 5. The van der Waals surface area contributed by atoms with Gasteiger partial charge < -0.3 is 14.6 Å². The molecule has 0 radical (unpaired) electrons. The van der Waals surface area contributed by atoms with Gasteiger partial charge in [0.15, 0.2) is 17.3 Å². The lowest BCUT2D eigenvalue weighted by atomic mass is 10.1. The van der Waals surface area contributed by atoms with Crippen molar-refractivity contribution >= 4 is 11.6 Å². The van der Waals surface area contributed by atoms with E-state index in [2.05, 4.69) is 25.7 Å². The van der Waals surface area contributed by atoms with Gasteiger partial charge in [0.2, 0.25) is 0 Å². The summed E-state index contributed by atoms with van der Waals surface area (Å²) < 4.78 is 12.4. The first-order valence-corrected chi connectivity index (χ1v) is 9.73. The summed E-state index contributed by atoms with van der Waals surface area (Å²) in [7, 11) is 1.60. The predicted molar refractivity (Wildman–Crippen MR) is 107 cm³/mol. The van der Waals surface area contributed by atoms with E-state index < -0.39 is 0 Å². The fourth-order valence-corrected chi connectivity index (χ4v) is 3.38. The Kier molecular flexibility index (Phi) is 4.42. The summed E-state index contributed by atoms with van der Waals surface area (Å²) in [4.78, 5) is 17.1. The molecule has 0 unspecified atom stereocenters. The fraction of sp³-hybridized carbons (Fsp3) is 0.286. The second-order valence-electron chi connectivity index (χ2n) is 7.33. The summed E-state index contributed by atoms with van der Waals surface area (Å²) >= 11 is 0. The Bertz CT molecular complexity index is 1240. The molecule has 1 amide bonds. The van der Waals surface area contributed by atoms with Crippen molar-refractivity contribution in [1.29, 1.82) is 0 Å². The SMILES string of the molecule is COc1ccc(C(=O)NCc2nnc3c(-c4nc(C5CC5)no4)cccn23)c(C)c1. The van der Waals surface area contributed by atoms with Crippen molar-refractivity contribution in [2.75, 3.05) is 7.11 Å². The zero-order chi connectivity index (χ0) is 20.7. The Morgan fingerprint density at radius 3 is 2.93 bits per heavy atom. The molecule has 9 heteroatoms. The maximum atomic E-state index is 12.6. The molecular formula is C21H20N6O3. The fourth-order valence-electron chi connectivity index (χ4n) is 3.38. The summed E-state index contributed by atoms with van der Waals surface area (Å²) in [6, 6.07) is 9.08. The molecule has 3 aromatic heterocycles. The minimum atomic E-state index is -0.186. The number of amides is 1. The molecule has 1 aliphatic rings. The maximum Gasteiger partial charge on any atom is 0.261 e. The molecule has 0 saturated heterocycles. The molecule has 3 heterocycles. The number of aryl methyl sites for hydroxylation is 1. The molecule has 4 aromatic rings. The molecule has 5 rings (SSSR count). The molecule has 0 spiro atoms. The van der Waals surface area contributed by atoms with E-state index in [1.807, 2.05) is 35.7 Å². The predicted octanol–water partition coefficient (Wildman–Crippen LogP) is 2.90. The van der Waals surface area contributed by atoms with Crippen LogP contribution in [0.5, 0.6) is 5.75 Å². The molecule has 1 fully saturated rings. The highest BCUT2D eigenvalue weighted by Gasteiger charge is 2.29. The number of hydrogen-bond acceptors (Lipinski definition) is 7. The number of fused-ring (bicyclic) bond motifs is 1. The smallest absolute Gasteiger partial charge is 0.261 e.